The van der Waals surface area contributed by atoms with Crippen molar-refractivity contribution >= 4 is 8.32 Å². The van der Waals surface area contributed by atoms with E-state index in [0.717, 1.165) is 16.7 Å². The predicted molar refractivity (Wildman–Crippen MR) is 85.5 cm³/mol. The van der Waals surface area contributed by atoms with Crippen molar-refractivity contribution in [1.29, 1.82) is 0 Å². The predicted octanol–water partition coefficient (Wildman–Crippen LogP) is 5.48. The molecule has 0 saturated heterocycles. The van der Waals surface area contributed by atoms with E-state index in [1.54, 1.807) is 0 Å². The quantitative estimate of drug-likeness (QED) is 0.473. The highest BCUT2D eigenvalue weighted by atomic mass is 28.4. The third kappa shape index (κ3) is 4.95. The van der Waals surface area contributed by atoms with Crippen LogP contribution in [0.2, 0.25) is 18.1 Å². The number of allylic oxidation sites excluding steroid dienone is 3. The molecule has 0 N–H and O–H groups in total. The summed E-state index contributed by atoms with van der Waals surface area (Å²) >= 11 is 0. The molecule has 0 aromatic rings. The molecule has 0 radical (unpaired) electrons. The van der Waals surface area contributed by atoms with Crippen molar-refractivity contribution in [1.82, 2.24) is 0 Å². The Kier molecular flexibility index (Phi) is 5.82. The Hall–Kier alpha value is -0.603. The van der Waals surface area contributed by atoms with E-state index in [4.69, 9.17) is 4.43 Å². The van der Waals surface area contributed by atoms with E-state index in [1.807, 2.05) is 13.8 Å². The SMILES string of the molecule is C=C(C)C(=C[C@H](C)O[Si](C)(C)C(C)(C)C)C(=C)C. The van der Waals surface area contributed by atoms with Crippen LogP contribution in [-0.4, -0.2) is 14.4 Å². The molecule has 0 unspecified atom stereocenters. The first-order valence-electron chi connectivity index (χ1n) is 6.60. The minimum atomic E-state index is -1.71. The number of rotatable bonds is 5. The summed E-state index contributed by atoms with van der Waals surface area (Å²) in [6.07, 6.45) is 2.25. The van der Waals surface area contributed by atoms with Gasteiger partial charge in [-0.25, -0.2) is 0 Å². The van der Waals surface area contributed by atoms with Crippen molar-refractivity contribution in [2.75, 3.05) is 0 Å². The lowest BCUT2D eigenvalue weighted by Gasteiger charge is -2.38. The highest BCUT2D eigenvalue weighted by Gasteiger charge is 2.38. The topological polar surface area (TPSA) is 9.23 Å². The molecule has 1 nitrogen and oxygen atoms in total. The Balaban J connectivity index is 4.99. The molecule has 0 aromatic heterocycles. The minimum Gasteiger partial charge on any atom is -0.411 e. The molecular weight excluding hydrogens is 236 g/mol. The van der Waals surface area contributed by atoms with Gasteiger partial charge in [0.15, 0.2) is 8.32 Å². The van der Waals surface area contributed by atoms with Crippen molar-refractivity contribution in [3.63, 3.8) is 0 Å². The number of hydrogen-bond acceptors (Lipinski definition) is 1. The van der Waals surface area contributed by atoms with E-state index >= 15 is 0 Å². The fourth-order valence-electron chi connectivity index (χ4n) is 1.56. The molecule has 0 amide bonds. The van der Waals surface area contributed by atoms with Gasteiger partial charge in [0.2, 0.25) is 0 Å². The van der Waals surface area contributed by atoms with E-state index in [0.29, 0.717) is 0 Å². The van der Waals surface area contributed by atoms with E-state index in [1.165, 1.54) is 0 Å². The largest absolute Gasteiger partial charge is 0.411 e. The molecule has 1 atom stereocenters. The fraction of sp³-hybridized carbons (Fsp3) is 0.625. The molecule has 0 aromatic carbocycles. The Morgan fingerprint density at radius 2 is 1.50 bits per heavy atom. The molecule has 0 aliphatic carbocycles. The smallest absolute Gasteiger partial charge is 0.192 e. The van der Waals surface area contributed by atoms with Gasteiger partial charge in [-0.2, -0.15) is 0 Å². The molecule has 0 heterocycles. The highest BCUT2D eigenvalue weighted by molar-refractivity contribution is 6.74. The summed E-state index contributed by atoms with van der Waals surface area (Å²) in [5.74, 6) is 0. The van der Waals surface area contributed by atoms with Gasteiger partial charge in [-0.1, -0.05) is 45.1 Å². The van der Waals surface area contributed by atoms with Crippen molar-refractivity contribution in [2.45, 2.75) is 65.8 Å². The Bertz CT molecular complexity index is 340. The summed E-state index contributed by atoms with van der Waals surface area (Å²) in [7, 11) is -1.71. The molecule has 0 bridgehead atoms. The van der Waals surface area contributed by atoms with E-state index in [-0.39, 0.29) is 11.1 Å². The van der Waals surface area contributed by atoms with Crippen LogP contribution in [0.15, 0.2) is 36.0 Å². The molecule has 18 heavy (non-hydrogen) atoms. The zero-order chi connectivity index (χ0) is 14.7. The van der Waals surface area contributed by atoms with Gasteiger partial charge in [0.1, 0.15) is 0 Å². The summed E-state index contributed by atoms with van der Waals surface area (Å²) < 4.78 is 6.31. The maximum atomic E-state index is 6.31. The summed E-state index contributed by atoms with van der Waals surface area (Å²) in [6.45, 7) is 25.5. The monoisotopic (exact) mass is 266 g/mol. The average molecular weight is 267 g/mol. The molecule has 0 fully saturated rings. The molecule has 0 rings (SSSR count). The van der Waals surface area contributed by atoms with Crippen molar-refractivity contribution < 1.29 is 4.43 Å². The van der Waals surface area contributed by atoms with Crippen LogP contribution in [0.25, 0.3) is 0 Å². The van der Waals surface area contributed by atoms with Gasteiger partial charge in [0, 0.05) is 0 Å². The second kappa shape index (κ2) is 6.03. The van der Waals surface area contributed by atoms with E-state index < -0.39 is 8.32 Å². The molecule has 0 aliphatic heterocycles. The Morgan fingerprint density at radius 1 is 1.11 bits per heavy atom. The van der Waals surface area contributed by atoms with Gasteiger partial charge in [-0.3, -0.25) is 0 Å². The summed E-state index contributed by atoms with van der Waals surface area (Å²) in [6, 6.07) is 0. The van der Waals surface area contributed by atoms with Gasteiger partial charge in [0.05, 0.1) is 6.10 Å². The molecule has 104 valence electrons. The first-order chi connectivity index (χ1) is 7.88. The Morgan fingerprint density at radius 3 is 1.78 bits per heavy atom. The molecular formula is C16H30OSi. The standard InChI is InChI=1S/C16H30OSi/c1-12(2)15(13(3)4)11-14(5)17-18(9,10)16(6,7)8/h11,14H,1,3H2,2,4-10H3/t14-/m0/s1. The zero-order valence-electron chi connectivity index (χ0n) is 13.5. The highest BCUT2D eigenvalue weighted by Crippen LogP contribution is 2.37. The normalized spacial score (nSPS) is 14.0. The third-order valence-corrected chi connectivity index (χ3v) is 8.18. The molecule has 0 saturated carbocycles. The zero-order valence-corrected chi connectivity index (χ0v) is 14.5. The van der Waals surface area contributed by atoms with Gasteiger partial charge in [-0.15, -0.1) is 0 Å². The first-order valence-corrected chi connectivity index (χ1v) is 9.50. The maximum absolute atomic E-state index is 6.31. The fourth-order valence-corrected chi connectivity index (χ4v) is 2.91. The minimum absolute atomic E-state index is 0.106. The lowest BCUT2D eigenvalue weighted by Crippen LogP contribution is -2.43. The summed E-state index contributed by atoms with van der Waals surface area (Å²) in [5, 5.41) is 0.238. The first kappa shape index (κ1) is 17.4. The second-order valence-electron chi connectivity index (χ2n) is 6.72. The van der Waals surface area contributed by atoms with Crippen LogP contribution in [0.3, 0.4) is 0 Å². The van der Waals surface area contributed by atoms with Crippen molar-refractivity contribution in [3.8, 4) is 0 Å². The van der Waals surface area contributed by atoms with Crippen LogP contribution in [-0.2, 0) is 4.43 Å². The van der Waals surface area contributed by atoms with Crippen LogP contribution >= 0.6 is 0 Å². The molecule has 2 heteroatoms. The van der Waals surface area contributed by atoms with Crippen molar-refractivity contribution in [3.05, 3.63) is 36.0 Å². The van der Waals surface area contributed by atoms with Crippen molar-refractivity contribution in [2.24, 2.45) is 0 Å². The van der Waals surface area contributed by atoms with Crippen LogP contribution in [0.1, 0.15) is 41.5 Å². The lowest BCUT2D eigenvalue weighted by molar-refractivity contribution is 0.242. The lowest BCUT2D eigenvalue weighted by atomic mass is 10.0. The van der Waals surface area contributed by atoms with E-state index in [9.17, 15) is 0 Å². The third-order valence-electron chi connectivity index (χ3n) is 3.61. The molecule has 0 aliphatic rings. The molecule has 0 spiro atoms. The van der Waals surface area contributed by atoms with Crippen LogP contribution in [0, 0.1) is 0 Å². The van der Waals surface area contributed by atoms with Gasteiger partial charge >= 0.3 is 0 Å². The van der Waals surface area contributed by atoms with Gasteiger partial charge in [-0.05, 0) is 50.6 Å². The van der Waals surface area contributed by atoms with Crippen LogP contribution in [0.4, 0.5) is 0 Å². The van der Waals surface area contributed by atoms with Crippen LogP contribution in [0.5, 0.6) is 0 Å². The maximum Gasteiger partial charge on any atom is 0.192 e. The van der Waals surface area contributed by atoms with Gasteiger partial charge in [0.25, 0.3) is 0 Å². The van der Waals surface area contributed by atoms with Gasteiger partial charge < -0.3 is 4.43 Å². The average Bonchev–Trinajstić information content (AvgIpc) is 2.10. The number of hydrogen-bond donors (Lipinski definition) is 0. The summed E-state index contributed by atoms with van der Waals surface area (Å²) in [4.78, 5) is 0. The Labute approximate surface area is 115 Å². The van der Waals surface area contributed by atoms with E-state index in [2.05, 4.69) is 60.0 Å². The second-order valence-corrected chi connectivity index (χ2v) is 11.5. The summed E-state index contributed by atoms with van der Waals surface area (Å²) in [5.41, 5.74) is 3.22. The van der Waals surface area contributed by atoms with Crippen LogP contribution < -0.4 is 0 Å².